The molecule has 1 aliphatic rings. The summed E-state index contributed by atoms with van der Waals surface area (Å²) in [6.07, 6.45) is 0. The number of carbonyl (C=O) groups excluding carboxylic acids is 1. The van der Waals surface area contributed by atoms with Crippen molar-refractivity contribution in [2.24, 2.45) is 0 Å². The van der Waals surface area contributed by atoms with Crippen LogP contribution in [0.2, 0.25) is 0 Å². The fourth-order valence-corrected chi connectivity index (χ4v) is 3.80. The predicted molar refractivity (Wildman–Crippen MR) is 106 cm³/mol. The first-order valence-electron chi connectivity index (χ1n) is 9.03. The number of hydrogen-bond donors (Lipinski definition) is 1. The lowest BCUT2D eigenvalue weighted by Gasteiger charge is -2.37. The molecule has 0 bridgehead atoms. The van der Waals surface area contributed by atoms with Gasteiger partial charge in [-0.3, -0.25) is 9.69 Å². The van der Waals surface area contributed by atoms with E-state index in [9.17, 15) is 9.90 Å². The maximum Gasteiger partial charge on any atom is 0.253 e. The molecule has 1 heterocycles. The van der Waals surface area contributed by atoms with E-state index in [-0.39, 0.29) is 5.91 Å². The molecule has 0 fully saturated rings. The summed E-state index contributed by atoms with van der Waals surface area (Å²) >= 11 is 0. The average Bonchev–Trinajstić information content (AvgIpc) is 2.91. The van der Waals surface area contributed by atoms with Gasteiger partial charge in [0.1, 0.15) is 0 Å². The molecule has 3 heteroatoms. The first-order valence-corrected chi connectivity index (χ1v) is 9.03. The Bertz CT molecular complexity index is 981. The van der Waals surface area contributed by atoms with Gasteiger partial charge in [0.25, 0.3) is 5.91 Å². The molecule has 4 rings (SSSR count). The second-order valence-electron chi connectivity index (χ2n) is 6.78. The van der Waals surface area contributed by atoms with Crippen LogP contribution in [0.3, 0.4) is 0 Å². The van der Waals surface area contributed by atoms with Crippen LogP contribution in [0, 0.1) is 0 Å². The van der Waals surface area contributed by atoms with Gasteiger partial charge in [-0.1, -0.05) is 91.0 Å². The zero-order chi connectivity index (χ0) is 18.9. The van der Waals surface area contributed by atoms with Gasteiger partial charge >= 0.3 is 0 Å². The third-order valence-corrected chi connectivity index (χ3v) is 5.10. The summed E-state index contributed by atoms with van der Waals surface area (Å²) in [5.74, 6) is -0.149. The quantitative estimate of drug-likeness (QED) is 0.756. The Balaban J connectivity index is 1.89. The van der Waals surface area contributed by atoms with Crippen LogP contribution in [0.1, 0.15) is 23.6 Å². The van der Waals surface area contributed by atoms with Crippen molar-refractivity contribution in [3.63, 3.8) is 0 Å². The SMILES string of the molecule is CC1=C(c2ccccc2)C(O)(c2ccccc2)N(Cc2ccccc2)C1=O. The smallest absolute Gasteiger partial charge is 0.253 e. The van der Waals surface area contributed by atoms with Gasteiger partial charge in [-0.2, -0.15) is 0 Å². The van der Waals surface area contributed by atoms with Gasteiger partial charge in [-0.15, -0.1) is 0 Å². The van der Waals surface area contributed by atoms with E-state index in [1.807, 2.05) is 91.0 Å². The number of amides is 1. The molecule has 1 N–H and O–H groups in total. The number of hydrogen-bond acceptors (Lipinski definition) is 2. The van der Waals surface area contributed by atoms with Crippen LogP contribution in [0.25, 0.3) is 5.57 Å². The van der Waals surface area contributed by atoms with Crippen LogP contribution >= 0.6 is 0 Å². The Morgan fingerprint density at radius 2 is 1.33 bits per heavy atom. The minimum atomic E-state index is -1.51. The molecule has 1 atom stereocenters. The molecule has 1 amide bonds. The largest absolute Gasteiger partial charge is 0.363 e. The molecule has 0 aliphatic carbocycles. The summed E-state index contributed by atoms with van der Waals surface area (Å²) in [5, 5.41) is 12.0. The van der Waals surface area contributed by atoms with E-state index in [0.717, 1.165) is 11.1 Å². The summed E-state index contributed by atoms with van der Waals surface area (Å²) < 4.78 is 0. The Kier molecular flexibility index (Phi) is 4.38. The molecular formula is C24H21NO2. The van der Waals surface area contributed by atoms with Crippen molar-refractivity contribution in [1.29, 1.82) is 0 Å². The Morgan fingerprint density at radius 3 is 1.93 bits per heavy atom. The summed E-state index contributed by atoms with van der Waals surface area (Å²) in [4.78, 5) is 14.8. The zero-order valence-electron chi connectivity index (χ0n) is 15.2. The van der Waals surface area contributed by atoms with E-state index < -0.39 is 5.72 Å². The molecule has 0 aromatic heterocycles. The van der Waals surface area contributed by atoms with Gasteiger partial charge in [0.15, 0.2) is 5.72 Å². The number of nitrogens with zero attached hydrogens (tertiary/aromatic N) is 1. The van der Waals surface area contributed by atoms with Crippen LogP contribution in [0.5, 0.6) is 0 Å². The molecule has 0 radical (unpaired) electrons. The fourth-order valence-electron chi connectivity index (χ4n) is 3.80. The van der Waals surface area contributed by atoms with Gasteiger partial charge in [-0.25, -0.2) is 0 Å². The molecule has 3 aromatic carbocycles. The van der Waals surface area contributed by atoms with Crippen molar-refractivity contribution >= 4 is 11.5 Å². The molecular weight excluding hydrogens is 334 g/mol. The van der Waals surface area contributed by atoms with Gasteiger partial charge in [0, 0.05) is 23.3 Å². The van der Waals surface area contributed by atoms with Gasteiger partial charge < -0.3 is 5.11 Å². The molecule has 0 saturated heterocycles. The normalized spacial score (nSPS) is 19.6. The predicted octanol–water partition coefficient (Wildman–Crippen LogP) is 4.35. The van der Waals surface area contributed by atoms with Crippen LogP contribution in [0.4, 0.5) is 0 Å². The molecule has 134 valence electrons. The zero-order valence-corrected chi connectivity index (χ0v) is 15.2. The first-order chi connectivity index (χ1) is 13.1. The standard InChI is InChI=1S/C24H21NO2/c1-18-22(20-13-7-3-8-14-20)24(27,21-15-9-4-10-16-21)25(23(18)26)17-19-11-5-2-6-12-19/h2-16,27H,17H2,1H3. The van der Waals surface area contributed by atoms with E-state index in [2.05, 4.69) is 0 Å². The monoisotopic (exact) mass is 355 g/mol. The topological polar surface area (TPSA) is 40.5 Å². The van der Waals surface area contributed by atoms with Crippen LogP contribution in [-0.2, 0) is 17.1 Å². The fraction of sp³-hybridized carbons (Fsp3) is 0.125. The number of carbonyl (C=O) groups is 1. The number of aliphatic hydroxyl groups is 1. The third kappa shape index (κ3) is 2.86. The van der Waals surface area contributed by atoms with Crippen molar-refractivity contribution in [2.75, 3.05) is 0 Å². The lowest BCUT2D eigenvalue weighted by Crippen LogP contribution is -2.45. The second kappa shape index (κ2) is 6.86. The van der Waals surface area contributed by atoms with Gasteiger partial charge in [0.2, 0.25) is 0 Å². The molecule has 0 spiro atoms. The van der Waals surface area contributed by atoms with Crippen molar-refractivity contribution in [2.45, 2.75) is 19.2 Å². The Hall–Kier alpha value is -3.17. The molecule has 3 nitrogen and oxygen atoms in total. The average molecular weight is 355 g/mol. The van der Waals surface area contributed by atoms with E-state index in [1.54, 1.807) is 11.8 Å². The number of rotatable bonds is 4. The van der Waals surface area contributed by atoms with E-state index >= 15 is 0 Å². The summed E-state index contributed by atoms with van der Waals surface area (Å²) in [6.45, 7) is 2.13. The highest BCUT2D eigenvalue weighted by atomic mass is 16.3. The van der Waals surface area contributed by atoms with E-state index in [4.69, 9.17) is 0 Å². The second-order valence-corrected chi connectivity index (χ2v) is 6.78. The number of benzene rings is 3. The van der Waals surface area contributed by atoms with Crippen molar-refractivity contribution in [3.8, 4) is 0 Å². The third-order valence-electron chi connectivity index (χ3n) is 5.10. The maximum atomic E-state index is 13.2. The van der Waals surface area contributed by atoms with Crippen molar-refractivity contribution in [1.82, 2.24) is 4.90 Å². The van der Waals surface area contributed by atoms with Gasteiger partial charge in [0.05, 0.1) is 0 Å². The van der Waals surface area contributed by atoms with E-state index in [0.29, 0.717) is 23.3 Å². The first kappa shape index (κ1) is 17.3. The van der Waals surface area contributed by atoms with E-state index in [1.165, 1.54) is 0 Å². The summed E-state index contributed by atoms with van der Waals surface area (Å²) in [6, 6.07) is 28.8. The summed E-state index contributed by atoms with van der Waals surface area (Å²) in [7, 11) is 0. The van der Waals surface area contributed by atoms with Crippen molar-refractivity contribution < 1.29 is 9.90 Å². The molecule has 1 aliphatic heterocycles. The maximum absolute atomic E-state index is 13.2. The minimum Gasteiger partial charge on any atom is -0.363 e. The molecule has 3 aromatic rings. The van der Waals surface area contributed by atoms with Gasteiger partial charge in [-0.05, 0) is 18.1 Å². The molecule has 27 heavy (non-hydrogen) atoms. The minimum absolute atomic E-state index is 0.149. The highest BCUT2D eigenvalue weighted by molar-refractivity contribution is 6.08. The lowest BCUT2D eigenvalue weighted by atomic mass is 9.88. The van der Waals surface area contributed by atoms with Crippen LogP contribution in [-0.4, -0.2) is 15.9 Å². The molecule has 1 unspecified atom stereocenters. The van der Waals surface area contributed by atoms with Crippen LogP contribution < -0.4 is 0 Å². The highest BCUT2D eigenvalue weighted by Gasteiger charge is 2.50. The Morgan fingerprint density at radius 1 is 0.815 bits per heavy atom. The summed E-state index contributed by atoms with van der Waals surface area (Å²) in [5.41, 5.74) is 2.22. The van der Waals surface area contributed by atoms with Crippen LogP contribution in [0.15, 0.2) is 96.6 Å². The van der Waals surface area contributed by atoms with Crippen molar-refractivity contribution in [3.05, 3.63) is 113 Å². The lowest BCUT2D eigenvalue weighted by molar-refractivity contribution is -0.143. The highest BCUT2D eigenvalue weighted by Crippen LogP contribution is 2.47. The Labute approximate surface area is 159 Å². The molecule has 0 saturated carbocycles.